The van der Waals surface area contributed by atoms with Crippen molar-refractivity contribution < 1.29 is 8.42 Å². The number of likely N-dealkylation sites (N-methyl/N-ethyl adjacent to an activating group) is 1. The predicted octanol–water partition coefficient (Wildman–Crippen LogP) is 2.30. The fourth-order valence-electron chi connectivity index (χ4n) is 3.18. The van der Waals surface area contributed by atoms with E-state index in [1.807, 2.05) is 33.0 Å². The van der Waals surface area contributed by atoms with Gasteiger partial charge in [-0.05, 0) is 51.6 Å². The summed E-state index contributed by atoms with van der Waals surface area (Å²) < 4.78 is 28.0. The lowest BCUT2D eigenvalue weighted by Crippen LogP contribution is -2.34. The molecule has 0 amide bonds. The average Bonchev–Trinajstić information content (AvgIpc) is 2.98. The number of nitrogens with zero attached hydrogens (tertiary/aromatic N) is 2. The van der Waals surface area contributed by atoms with Crippen LogP contribution in [0.1, 0.15) is 24.6 Å². The average molecular weight is 396 g/mol. The summed E-state index contributed by atoms with van der Waals surface area (Å²) in [6.45, 7) is 6.51. The van der Waals surface area contributed by atoms with Crippen molar-refractivity contribution in [3.05, 3.63) is 39.8 Å². The molecule has 0 radical (unpaired) electrons. The largest absolute Gasteiger partial charge is 0.326 e. The number of pyridine rings is 1. The summed E-state index contributed by atoms with van der Waals surface area (Å²) in [5.41, 5.74) is 2.28. The zero-order valence-electron chi connectivity index (χ0n) is 15.4. The number of nitrogens with one attached hydrogen (secondary N) is 1. The van der Waals surface area contributed by atoms with E-state index in [1.54, 1.807) is 10.4 Å². The maximum Gasteiger partial charge on any atom is 0.252 e. The molecule has 1 N–H and O–H groups in total. The Bertz CT molecular complexity index is 947. The summed E-state index contributed by atoms with van der Waals surface area (Å²) >= 11 is 1.27. The fourth-order valence-corrected chi connectivity index (χ4v) is 6.18. The summed E-state index contributed by atoms with van der Waals surface area (Å²) in [7, 11) is -1.46. The van der Waals surface area contributed by atoms with Crippen LogP contribution >= 0.6 is 11.3 Å². The molecule has 0 aliphatic carbocycles. The van der Waals surface area contributed by atoms with Crippen molar-refractivity contribution in [2.75, 3.05) is 33.2 Å². The van der Waals surface area contributed by atoms with Gasteiger partial charge < -0.3 is 9.88 Å². The SMILES string of the molecule is CCc1cc(-c2ccc(S(=O)(=O)N3CCCN(C)CC3)s2)c(C)[nH]c1=O. The Kier molecular flexibility index (Phi) is 5.67. The van der Waals surface area contributed by atoms with Crippen LogP contribution in [0.5, 0.6) is 0 Å². The third-order valence-corrected chi connectivity index (χ3v) is 8.30. The van der Waals surface area contributed by atoms with Crippen molar-refractivity contribution >= 4 is 21.4 Å². The molecule has 142 valence electrons. The van der Waals surface area contributed by atoms with Gasteiger partial charge in [-0.1, -0.05) is 6.92 Å². The second kappa shape index (κ2) is 7.64. The van der Waals surface area contributed by atoms with E-state index in [-0.39, 0.29) is 5.56 Å². The molecule has 1 fully saturated rings. The molecule has 1 aliphatic heterocycles. The van der Waals surface area contributed by atoms with Gasteiger partial charge in [-0.3, -0.25) is 4.79 Å². The van der Waals surface area contributed by atoms with E-state index in [0.717, 1.165) is 35.6 Å². The number of H-pyrrole nitrogens is 1. The lowest BCUT2D eigenvalue weighted by atomic mass is 10.1. The highest BCUT2D eigenvalue weighted by Gasteiger charge is 2.28. The lowest BCUT2D eigenvalue weighted by Gasteiger charge is -2.19. The molecule has 2 aromatic rings. The third kappa shape index (κ3) is 3.78. The van der Waals surface area contributed by atoms with Gasteiger partial charge in [-0.2, -0.15) is 4.31 Å². The molecule has 6 nitrogen and oxygen atoms in total. The highest BCUT2D eigenvalue weighted by atomic mass is 32.2. The smallest absolute Gasteiger partial charge is 0.252 e. The number of aromatic amines is 1. The van der Waals surface area contributed by atoms with Crippen molar-refractivity contribution in [2.45, 2.75) is 30.9 Å². The van der Waals surface area contributed by atoms with Gasteiger partial charge in [0.2, 0.25) is 0 Å². The maximum absolute atomic E-state index is 13.0. The maximum atomic E-state index is 13.0. The Morgan fingerprint density at radius 2 is 1.96 bits per heavy atom. The second-order valence-corrected chi connectivity index (χ2v) is 9.94. The van der Waals surface area contributed by atoms with E-state index in [2.05, 4.69) is 9.88 Å². The number of hydrogen-bond donors (Lipinski definition) is 1. The molecule has 3 rings (SSSR count). The van der Waals surface area contributed by atoms with Crippen molar-refractivity contribution in [1.82, 2.24) is 14.2 Å². The van der Waals surface area contributed by atoms with Crippen molar-refractivity contribution in [3.8, 4) is 10.4 Å². The third-order valence-electron chi connectivity index (χ3n) is 4.82. The van der Waals surface area contributed by atoms with E-state index in [9.17, 15) is 13.2 Å². The summed E-state index contributed by atoms with van der Waals surface area (Å²) in [6.07, 6.45) is 1.48. The minimum absolute atomic E-state index is 0.0770. The van der Waals surface area contributed by atoms with Crippen LogP contribution in [0.2, 0.25) is 0 Å². The molecule has 0 spiro atoms. The van der Waals surface area contributed by atoms with E-state index >= 15 is 0 Å². The Hall–Kier alpha value is -1.48. The molecule has 8 heteroatoms. The number of sulfonamides is 1. The molecule has 1 aliphatic rings. The van der Waals surface area contributed by atoms with Crippen LogP contribution in [0.4, 0.5) is 0 Å². The summed E-state index contributed by atoms with van der Waals surface area (Å²) in [5.74, 6) is 0. The van der Waals surface area contributed by atoms with Crippen LogP contribution < -0.4 is 5.56 Å². The Morgan fingerprint density at radius 3 is 2.69 bits per heavy atom. The highest BCUT2D eigenvalue weighted by Crippen LogP contribution is 2.33. The molecule has 1 saturated heterocycles. The van der Waals surface area contributed by atoms with Crippen LogP contribution in [0.25, 0.3) is 10.4 Å². The van der Waals surface area contributed by atoms with Crippen molar-refractivity contribution in [2.24, 2.45) is 0 Å². The number of aryl methyl sites for hydroxylation is 2. The van der Waals surface area contributed by atoms with Gasteiger partial charge in [0.15, 0.2) is 0 Å². The normalized spacial score (nSPS) is 17.3. The highest BCUT2D eigenvalue weighted by molar-refractivity contribution is 7.91. The van der Waals surface area contributed by atoms with Crippen molar-refractivity contribution in [1.29, 1.82) is 0 Å². The zero-order valence-corrected chi connectivity index (χ0v) is 17.0. The van der Waals surface area contributed by atoms with E-state index < -0.39 is 10.0 Å². The second-order valence-electron chi connectivity index (χ2n) is 6.70. The molecule has 0 atom stereocenters. The van der Waals surface area contributed by atoms with Gasteiger partial charge in [0, 0.05) is 41.3 Å². The zero-order chi connectivity index (χ0) is 18.9. The number of hydrogen-bond acceptors (Lipinski definition) is 5. The van der Waals surface area contributed by atoms with Gasteiger partial charge in [-0.15, -0.1) is 11.3 Å². The van der Waals surface area contributed by atoms with Crippen molar-refractivity contribution in [3.63, 3.8) is 0 Å². The van der Waals surface area contributed by atoms with E-state index in [4.69, 9.17) is 0 Å². The van der Waals surface area contributed by atoms with E-state index in [1.165, 1.54) is 11.3 Å². The molecule has 2 aromatic heterocycles. The minimum atomic E-state index is -3.48. The number of rotatable bonds is 4. The molecular formula is C18H25N3O3S2. The lowest BCUT2D eigenvalue weighted by molar-refractivity contribution is 0.347. The predicted molar refractivity (Wildman–Crippen MR) is 105 cm³/mol. The first kappa shape index (κ1) is 19.3. The summed E-state index contributed by atoms with van der Waals surface area (Å²) in [5, 5.41) is 0. The monoisotopic (exact) mass is 395 g/mol. The molecule has 26 heavy (non-hydrogen) atoms. The van der Waals surface area contributed by atoms with Crippen LogP contribution in [0.15, 0.2) is 27.2 Å². The van der Waals surface area contributed by atoms with Gasteiger partial charge >= 0.3 is 0 Å². The van der Waals surface area contributed by atoms with Crippen LogP contribution in [-0.2, 0) is 16.4 Å². The molecule has 3 heterocycles. The van der Waals surface area contributed by atoms with E-state index in [0.29, 0.717) is 29.3 Å². The molecule has 0 bridgehead atoms. The fraction of sp³-hybridized carbons (Fsp3) is 0.500. The summed E-state index contributed by atoms with van der Waals surface area (Å²) in [4.78, 5) is 17.8. The number of thiophene rings is 1. The molecule has 0 saturated carbocycles. The van der Waals surface area contributed by atoms with Gasteiger partial charge in [-0.25, -0.2) is 8.42 Å². The van der Waals surface area contributed by atoms with Crippen LogP contribution in [0, 0.1) is 6.92 Å². The summed E-state index contributed by atoms with van der Waals surface area (Å²) in [6, 6.07) is 5.39. The first-order valence-corrected chi connectivity index (χ1v) is 11.1. The quantitative estimate of drug-likeness (QED) is 0.862. The molecule has 0 aromatic carbocycles. The first-order valence-electron chi connectivity index (χ1n) is 8.84. The van der Waals surface area contributed by atoms with Gasteiger partial charge in [0.05, 0.1) is 0 Å². The molecular weight excluding hydrogens is 370 g/mol. The van der Waals surface area contributed by atoms with Crippen LogP contribution in [-0.4, -0.2) is 55.8 Å². The first-order chi connectivity index (χ1) is 12.3. The Morgan fingerprint density at radius 1 is 1.19 bits per heavy atom. The van der Waals surface area contributed by atoms with Gasteiger partial charge in [0.1, 0.15) is 4.21 Å². The van der Waals surface area contributed by atoms with Gasteiger partial charge in [0.25, 0.3) is 15.6 Å². The number of aromatic nitrogens is 1. The Balaban J connectivity index is 1.93. The minimum Gasteiger partial charge on any atom is -0.326 e. The Labute approximate surface area is 158 Å². The van der Waals surface area contributed by atoms with Crippen LogP contribution in [0.3, 0.4) is 0 Å². The standard InChI is InChI=1S/C18H25N3O3S2/c1-4-14-12-15(13(2)19-18(14)22)16-6-7-17(25-16)26(23,24)21-9-5-8-20(3)10-11-21/h6-7,12H,4-5,8-11H2,1-3H3,(H,19,22). The topological polar surface area (TPSA) is 73.5 Å². The molecule has 0 unspecified atom stereocenters.